The molecule has 3 rings (SSSR count). The quantitative estimate of drug-likeness (QED) is 0.332. The monoisotopic (exact) mass is 492 g/mol. The molecule has 0 saturated carbocycles. The van der Waals surface area contributed by atoms with E-state index in [2.05, 4.69) is 29.3 Å². The van der Waals surface area contributed by atoms with Crippen LogP contribution in [0.3, 0.4) is 0 Å². The number of benzene rings is 3. The Morgan fingerprint density at radius 2 is 1.51 bits per heavy atom. The SMILES string of the molecule is CCN(CC)c1ccc(/C=N\NC(=O)c2ccc(N(Cc3ccccc3C)S(C)(=O)=O)cc2)cc1. The maximum absolute atomic E-state index is 12.5. The van der Waals surface area contributed by atoms with E-state index in [1.165, 1.54) is 10.6 Å². The van der Waals surface area contributed by atoms with Crippen molar-refractivity contribution in [1.82, 2.24) is 5.43 Å². The Labute approximate surface area is 208 Å². The highest BCUT2D eigenvalue weighted by atomic mass is 32.2. The molecule has 1 N–H and O–H groups in total. The van der Waals surface area contributed by atoms with Crippen molar-refractivity contribution in [1.29, 1.82) is 0 Å². The Balaban J connectivity index is 1.67. The zero-order valence-corrected chi connectivity index (χ0v) is 21.4. The van der Waals surface area contributed by atoms with Gasteiger partial charge in [0.05, 0.1) is 24.7 Å². The average molecular weight is 493 g/mol. The molecule has 8 heteroatoms. The third kappa shape index (κ3) is 6.93. The van der Waals surface area contributed by atoms with Crippen LogP contribution in [-0.4, -0.2) is 39.9 Å². The molecule has 1 amide bonds. The molecule has 0 bridgehead atoms. The van der Waals surface area contributed by atoms with Crippen molar-refractivity contribution in [2.45, 2.75) is 27.3 Å². The van der Waals surface area contributed by atoms with Crippen molar-refractivity contribution in [3.05, 3.63) is 95.1 Å². The number of rotatable bonds is 10. The van der Waals surface area contributed by atoms with Gasteiger partial charge < -0.3 is 4.90 Å². The van der Waals surface area contributed by atoms with Crippen molar-refractivity contribution in [3.63, 3.8) is 0 Å². The van der Waals surface area contributed by atoms with E-state index in [1.54, 1.807) is 30.5 Å². The molecule has 0 spiro atoms. The third-order valence-corrected chi connectivity index (χ3v) is 6.93. The van der Waals surface area contributed by atoms with Crippen LogP contribution in [0, 0.1) is 6.92 Å². The number of carbonyl (C=O) groups is 1. The zero-order valence-electron chi connectivity index (χ0n) is 20.6. The molecule has 0 aliphatic rings. The standard InChI is InChI=1S/C27H32N4O3S/c1-5-30(6-2)25-15-11-22(12-16-25)19-28-29-27(32)23-13-17-26(18-14-23)31(35(4,33)34)20-24-10-8-7-9-21(24)3/h7-19H,5-6,20H2,1-4H3,(H,29,32)/b28-19-. The number of nitrogens with zero attached hydrogens (tertiary/aromatic N) is 3. The van der Waals surface area contributed by atoms with Gasteiger partial charge in [0.2, 0.25) is 10.0 Å². The molecule has 0 saturated heterocycles. The van der Waals surface area contributed by atoms with Gasteiger partial charge in [0.15, 0.2) is 0 Å². The summed E-state index contributed by atoms with van der Waals surface area (Å²) in [5, 5.41) is 4.05. The van der Waals surface area contributed by atoms with Crippen LogP contribution in [0.2, 0.25) is 0 Å². The van der Waals surface area contributed by atoms with Gasteiger partial charge in [-0.25, -0.2) is 13.8 Å². The number of hydrazone groups is 1. The van der Waals surface area contributed by atoms with Crippen molar-refractivity contribution in [3.8, 4) is 0 Å². The fourth-order valence-electron chi connectivity index (χ4n) is 3.71. The van der Waals surface area contributed by atoms with Gasteiger partial charge in [0, 0.05) is 24.3 Å². The largest absolute Gasteiger partial charge is 0.372 e. The molecule has 0 radical (unpaired) electrons. The van der Waals surface area contributed by atoms with Gasteiger partial charge in [0.25, 0.3) is 5.91 Å². The van der Waals surface area contributed by atoms with Gasteiger partial charge in [-0.05, 0) is 73.9 Å². The van der Waals surface area contributed by atoms with E-state index in [0.717, 1.165) is 35.5 Å². The van der Waals surface area contributed by atoms with Crippen LogP contribution < -0.4 is 14.6 Å². The molecule has 0 aromatic heterocycles. The molecule has 7 nitrogen and oxygen atoms in total. The van der Waals surface area contributed by atoms with Gasteiger partial charge >= 0.3 is 0 Å². The smallest absolute Gasteiger partial charge is 0.271 e. The lowest BCUT2D eigenvalue weighted by Crippen LogP contribution is -2.29. The zero-order chi connectivity index (χ0) is 25.4. The summed E-state index contributed by atoms with van der Waals surface area (Å²) in [7, 11) is -3.52. The lowest BCUT2D eigenvalue weighted by Gasteiger charge is -2.23. The number of amides is 1. The van der Waals surface area contributed by atoms with Gasteiger partial charge in [-0.1, -0.05) is 36.4 Å². The first-order valence-corrected chi connectivity index (χ1v) is 13.4. The van der Waals surface area contributed by atoms with Gasteiger partial charge in [0.1, 0.15) is 0 Å². The Morgan fingerprint density at radius 3 is 2.09 bits per heavy atom. The molecule has 35 heavy (non-hydrogen) atoms. The molecular weight excluding hydrogens is 460 g/mol. The second-order valence-electron chi connectivity index (χ2n) is 8.21. The summed E-state index contributed by atoms with van der Waals surface area (Å²) in [6.45, 7) is 8.27. The van der Waals surface area contributed by atoms with Crippen LogP contribution in [0.5, 0.6) is 0 Å². The Morgan fingerprint density at radius 1 is 0.914 bits per heavy atom. The van der Waals surface area contributed by atoms with Crippen molar-refractivity contribution < 1.29 is 13.2 Å². The molecule has 0 aliphatic carbocycles. The van der Waals surface area contributed by atoms with Crippen molar-refractivity contribution >= 4 is 33.5 Å². The molecule has 184 valence electrons. The van der Waals surface area contributed by atoms with Crippen LogP contribution in [-0.2, 0) is 16.6 Å². The number of hydrogen-bond donors (Lipinski definition) is 1. The van der Waals surface area contributed by atoms with Crippen LogP contribution in [0.4, 0.5) is 11.4 Å². The Hall–Kier alpha value is -3.65. The van der Waals surface area contributed by atoms with E-state index < -0.39 is 10.0 Å². The summed E-state index contributed by atoms with van der Waals surface area (Å²) in [5.74, 6) is -0.377. The first kappa shape index (κ1) is 26.0. The fraction of sp³-hybridized carbons (Fsp3) is 0.259. The number of aryl methyl sites for hydroxylation is 1. The first-order chi connectivity index (χ1) is 16.7. The highest BCUT2D eigenvalue weighted by Crippen LogP contribution is 2.22. The summed E-state index contributed by atoms with van der Waals surface area (Å²) in [6, 6.07) is 22.1. The maximum atomic E-state index is 12.5. The van der Waals surface area contributed by atoms with Gasteiger partial charge in [-0.15, -0.1) is 0 Å². The average Bonchev–Trinajstić information content (AvgIpc) is 2.84. The fourth-order valence-corrected chi connectivity index (χ4v) is 4.59. The molecule has 0 fully saturated rings. The predicted molar refractivity (Wildman–Crippen MR) is 144 cm³/mol. The first-order valence-electron chi connectivity index (χ1n) is 11.5. The third-order valence-electron chi connectivity index (χ3n) is 5.79. The highest BCUT2D eigenvalue weighted by molar-refractivity contribution is 7.92. The number of hydrogen-bond acceptors (Lipinski definition) is 5. The summed E-state index contributed by atoms with van der Waals surface area (Å²) in [6.07, 6.45) is 2.76. The maximum Gasteiger partial charge on any atom is 0.271 e. The summed E-state index contributed by atoms with van der Waals surface area (Å²) < 4.78 is 26.3. The second-order valence-corrected chi connectivity index (χ2v) is 10.1. The number of anilines is 2. The minimum Gasteiger partial charge on any atom is -0.372 e. The number of nitrogens with one attached hydrogen (secondary N) is 1. The molecule has 3 aromatic carbocycles. The Kier molecular flexibility index (Phi) is 8.65. The Bertz CT molecular complexity index is 1270. The summed E-state index contributed by atoms with van der Waals surface area (Å²) in [4.78, 5) is 14.8. The van der Waals surface area contributed by atoms with E-state index in [9.17, 15) is 13.2 Å². The van der Waals surface area contributed by atoms with Crippen molar-refractivity contribution in [2.24, 2.45) is 5.10 Å². The summed E-state index contributed by atoms with van der Waals surface area (Å²) >= 11 is 0. The molecule has 0 atom stereocenters. The van der Waals surface area contributed by atoms with Gasteiger partial charge in [-0.3, -0.25) is 9.10 Å². The molecule has 0 unspecified atom stereocenters. The van der Waals surface area contributed by atoms with E-state index in [4.69, 9.17) is 0 Å². The predicted octanol–water partition coefficient (Wildman–Crippen LogP) is 4.57. The topological polar surface area (TPSA) is 82.1 Å². The van der Waals surface area contributed by atoms with Crippen LogP contribution in [0.15, 0.2) is 77.9 Å². The molecule has 0 heterocycles. The van der Waals surface area contributed by atoms with E-state index in [0.29, 0.717) is 11.3 Å². The number of carbonyl (C=O) groups excluding carboxylic acids is 1. The van der Waals surface area contributed by atoms with E-state index >= 15 is 0 Å². The molecule has 3 aromatic rings. The second kappa shape index (κ2) is 11.7. The summed E-state index contributed by atoms with van der Waals surface area (Å²) in [5.41, 5.74) is 7.33. The van der Waals surface area contributed by atoms with Crippen LogP contribution in [0.1, 0.15) is 40.9 Å². The normalized spacial score (nSPS) is 11.4. The van der Waals surface area contributed by atoms with Crippen LogP contribution >= 0.6 is 0 Å². The highest BCUT2D eigenvalue weighted by Gasteiger charge is 2.19. The number of sulfonamides is 1. The lowest BCUT2D eigenvalue weighted by atomic mass is 10.1. The minimum absolute atomic E-state index is 0.217. The molecular formula is C27H32N4O3S. The van der Waals surface area contributed by atoms with Gasteiger partial charge in [-0.2, -0.15) is 5.10 Å². The molecule has 0 aliphatic heterocycles. The van der Waals surface area contributed by atoms with Crippen LogP contribution in [0.25, 0.3) is 0 Å². The van der Waals surface area contributed by atoms with E-state index in [1.807, 2.05) is 55.5 Å². The minimum atomic E-state index is -3.52. The van der Waals surface area contributed by atoms with Crippen molar-refractivity contribution in [2.75, 3.05) is 28.6 Å². The lowest BCUT2D eigenvalue weighted by molar-refractivity contribution is 0.0955. The van der Waals surface area contributed by atoms with E-state index in [-0.39, 0.29) is 12.5 Å².